The lowest BCUT2D eigenvalue weighted by Crippen LogP contribution is -2.30. The van der Waals surface area contributed by atoms with Crippen molar-refractivity contribution in [1.82, 2.24) is 5.32 Å². The molecule has 9 nitrogen and oxygen atoms in total. The van der Waals surface area contributed by atoms with Crippen molar-refractivity contribution in [2.24, 2.45) is 0 Å². The lowest BCUT2D eigenvalue weighted by Gasteiger charge is -2.18. The molecule has 0 radical (unpaired) electrons. The smallest absolute Gasteiger partial charge is 0.272 e. The van der Waals surface area contributed by atoms with Crippen LogP contribution < -0.4 is 30.2 Å². The highest BCUT2D eigenvalue weighted by Gasteiger charge is 2.23. The fourth-order valence-corrected chi connectivity index (χ4v) is 6.03. The molecule has 0 spiro atoms. The van der Waals surface area contributed by atoms with Crippen LogP contribution >= 0.6 is 11.8 Å². The summed E-state index contributed by atoms with van der Waals surface area (Å²) >= 11 is 1.35. The van der Waals surface area contributed by atoms with Gasteiger partial charge in [-0.3, -0.25) is 14.4 Å². The maximum Gasteiger partial charge on any atom is 0.272 e. The van der Waals surface area contributed by atoms with E-state index >= 15 is 0 Å². The van der Waals surface area contributed by atoms with Gasteiger partial charge in [0, 0.05) is 21.8 Å². The predicted molar refractivity (Wildman–Crippen MR) is 198 cm³/mol. The molecule has 254 valence electrons. The van der Waals surface area contributed by atoms with Gasteiger partial charge in [0.1, 0.15) is 16.7 Å². The molecule has 1 unspecified atom stereocenters. The van der Waals surface area contributed by atoms with E-state index in [2.05, 4.69) is 16.0 Å². The Balaban J connectivity index is 1.38. The van der Waals surface area contributed by atoms with E-state index in [0.29, 0.717) is 40.6 Å². The van der Waals surface area contributed by atoms with Gasteiger partial charge in [0.05, 0.1) is 20.8 Å². The third-order valence-electron chi connectivity index (χ3n) is 7.37. The van der Waals surface area contributed by atoms with Crippen LogP contribution in [0.3, 0.4) is 0 Å². The summed E-state index contributed by atoms with van der Waals surface area (Å²) in [5.41, 5.74) is 2.96. The number of anilines is 2. The van der Waals surface area contributed by atoms with Crippen molar-refractivity contribution in [3.63, 3.8) is 0 Å². The fourth-order valence-electron chi connectivity index (χ4n) is 4.94. The van der Waals surface area contributed by atoms with Gasteiger partial charge in [-0.1, -0.05) is 60.7 Å². The molecule has 3 amide bonds. The molecule has 50 heavy (non-hydrogen) atoms. The zero-order valence-electron chi connectivity index (χ0n) is 27.8. The van der Waals surface area contributed by atoms with Crippen molar-refractivity contribution in [2.75, 3.05) is 31.5 Å². The Kier molecular flexibility index (Phi) is 12.3. The summed E-state index contributed by atoms with van der Waals surface area (Å²) < 4.78 is 16.3. The second-order valence-electron chi connectivity index (χ2n) is 10.8. The maximum absolute atomic E-state index is 13.8. The second-order valence-corrected chi connectivity index (χ2v) is 12.0. The number of methoxy groups -OCH3 is 2. The van der Waals surface area contributed by atoms with Crippen LogP contribution in [0, 0.1) is 0 Å². The minimum atomic E-state index is -0.598. The second kappa shape index (κ2) is 17.4. The van der Waals surface area contributed by atoms with Crippen LogP contribution in [0.2, 0.25) is 0 Å². The number of nitrogens with one attached hydrogen (secondary N) is 3. The van der Waals surface area contributed by atoms with E-state index in [1.165, 1.54) is 26.0 Å². The van der Waals surface area contributed by atoms with E-state index in [0.717, 1.165) is 16.2 Å². The molecule has 0 saturated heterocycles. The van der Waals surface area contributed by atoms with Gasteiger partial charge >= 0.3 is 0 Å². The largest absolute Gasteiger partial charge is 0.494 e. The van der Waals surface area contributed by atoms with Crippen LogP contribution in [0.25, 0.3) is 6.08 Å². The molecule has 0 saturated carbocycles. The van der Waals surface area contributed by atoms with Crippen molar-refractivity contribution in [3.8, 4) is 17.2 Å². The SMILES string of the molecule is CCOc1ccc(NC(=O)C(Sc2cccc(NC(=O)/C(=C\c3ccc(OC)c(OC)c3)NC(=O)c3ccccc3)c2)c2ccccc2)cc1. The number of ether oxygens (including phenoxy) is 3. The van der Waals surface area contributed by atoms with Crippen molar-refractivity contribution in [1.29, 1.82) is 0 Å². The summed E-state index contributed by atoms with van der Waals surface area (Å²) in [5.74, 6) is 0.531. The van der Waals surface area contributed by atoms with Crippen LogP contribution in [0.4, 0.5) is 11.4 Å². The van der Waals surface area contributed by atoms with Crippen molar-refractivity contribution < 1.29 is 28.6 Å². The van der Waals surface area contributed by atoms with Gasteiger partial charge in [0.25, 0.3) is 11.8 Å². The molecular formula is C40H37N3O6S. The van der Waals surface area contributed by atoms with E-state index in [1.54, 1.807) is 84.9 Å². The fraction of sp³-hybridized carbons (Fsp3) is 0.125. The minimum absolute atomic E-state index is 0.0148. The summed E-state index contributed by atoms with van der Waals surface area (Å²) in [6, 6.07) is 37.7. The molecule has 10 heteroatoms. The lowest BCUT2D eigenvalue weighted by molar-refractivity contribution is -0.116. The zero-order valence-corrected chi connectivity index (χ0v) is 28.7. The number of hydrogen-bond donors (Lipinski definition) is 3. The average Bonchev–Trinajstić information content (AvgIpc) is 3.15. The van der Waals surface area contributed by atoms with Gasteiger partial charge in [-0.25, -0.2) is 0 Å². The summed E-state index contributed by atoms with van der Waals surface area (Å²) in [4.78, 5) is 41.3. The quantitative estimate of drug-likeness (QED) is 0.0801. The third kappa shape index (κ3) is 9.55. The number of amides is 3. The highest BCUT2D eigenvalue weighted by atomic mass is 32.2. The van der Waals surface area contributed by atoms with Gasteiger partial charge < -0.3 is 30.2 Å². The Morgan fingerprint density at radius 1 is 0.720 bits per heavy atom. The molecule has 3 N–H and O–H groups in total. The van der Waals surface area contributed by atoms with Crippen molar-refractivity contribution in [3.05, 3.63) is 150 Å². The number of rotatable bonds is 14. The minimum Gasteiger partial charge on any atom is -0.494 e. The molecule has 5 aromatic rings. The van der Waals surface area contributed by atoms with E-state index < -0.39 is 17.1 Å². The molecule has 5 aromatic carbocycles. The number of carbonyl (C=O) groups excluding carboxylic acids is 3. The first-order valence-corrected chi connectivity index (χ1v) is 16.7. The molecule has 0 aliphatic rings. The first kappa shape index (κ1) is 35.3. The summed E-state index contributed by atoms with van der Waals surface area (Å²) in [7, 11) is 3.06. The van der Waals surface area contributed by atoms with Crippen LogP contribution in [-0.2, 0) is 9.59 Å². The monoisotopic (exact) mass is 687 g/mol. The molecule has 0 aliphatic carbocycles. The highest BCUT2D eigenvalue weighted by molar-refractivity contribution is 8.00. The Labute approximate surface area is 295 Å². The molecule has 1 atom stereocenters. The Hall–Kier alpha value is -6.00. The van der Waals surface area contributed by atoms with Crippen molar-refractivity contribution >= 4 is 46.9 Å². The maximum atomic E-state index is 13.8. The zero-order chi connectivity index (χ0) is 35.3. The molecule has 0 fully saturated rings. The van der Waals surface area contributed by atoms with Crippen molar-refractivity contribution in [2.45, 2.75) is 17.1 Å². The topological polar surface area (TPSA) is 115 Å². The van der Waals surface area contributed by atoms with Crippen LogP contribution in [-0.4, -0.2) is 38.5 Å². The van der Waals surface area contributed by atoms with Crippen LogP contribution in [0.5, 0.6) is 17.2 Å². The molecular weight excluding hydrogens is 651 g/mol. The van der Waals surface area contributed by atoms with Gasteiger partial charge in [-0.15, -0.1) is 11.8 Å². The van der Waals surface area contributed by atoms with E-state index in [1.807, 2.05) is 55.5 Å². The molecule has 0 aliphatic heterocycles. The lowest BCUT2D eigenvalue weighted by atomic mass is 10.1. The Bertz CT molecular complexity index is 1950. The summed E-state index contributed by atoms with van der Waals surface area (Å²) in [6.07, 6.45) is 1.56. The standard InChI is InChI=1S/C40H37N3O6S/c1-4-49-32-21-19-30(20-22-32)41-40(46)37(28-12-7-5-8-13-28)50-33-17-11-16-31(26-33)42-39(45)34(43-38(44)29-14-9-6-10-15-29)24-27-18-23-35(47-2)36(25-27)48-3/h5-26,37H,4H2,1-3H3,(H,41,46)(H,42,45)(H,43,44)/b34-24+. The van der Waals surface area contributed by atoms with E-state index in [-0.39, 0.29) is 11.6 Å². The summed E-state index contributed by atoms with van der Waals surface area (Å²) in [5, 5.41) is 8.08. The average molecular weight is 688 g/mol. The third-order valence-corrected chi connectivity index (χ3v) is 8.61. The first-order chi connectivity index (χ1) is 24.4. The van der Waals surface area contributed by atoms with Crippen LogP contribution in [0.15, 0.2) is 138 Å². The van der Waals surface area contributed by atoms with E-state index in [9.17, 15) is 14.4 Å². The number of benzene rings is 5. The van der Waals surface area contributed by atoms with E-state index in [4.69, 9.17) is 14.2 Å². The number of hydrogen-bond acceptors (Lipinski definition) is 7. The van der Waals surface area contributed by atoms with Crippen LogP contribution in [0.1, 0.15) is 33.7 Å². The number of thioether (sulfide) groups is 1. The van der Waals surface area contributed by atoms with Gasteiger partial charge in [0.15, 0.2) is 11.5 Å². The Morgan fingerprint density at radius 3 is 2.10 bits per heavy atom. The normalized spacial score (nSPS) is 11.5. The molecule has 5 rings (SSSR count). The predicted octanol–water partition coefficient (Wildman–Crippen LogP) is 7.98. The molecule has 0 bridgehead atoms. The van der Waals surface area contributed by atoms with Gasteiger partial charge in [-0.05, 0) is 90.9 Å². The summed E-state index contributed by atoms with van der Waals surface area (Å²) in [6.45, 7) is 2.47. The molecule has 0 heterocycles. The first-order valence-electron chi connectivity index (χ1n) is 15.8. The highest BCUT2D eigenvalue weighted by Crippen LogP contribution is 2.37. The van der Waals surface area contributed by atoms with Gasteiger partial charge in [0.2, 0.25) is 5.91 Å². The Morgan fingerprint density at radius 2 is 1.42 bits per heavy atom. The molecule has 0 aromatic heterocycles. The number of carbonyl (C=O) groups is 3. The van der Waals surface area contributed by atoms with Gasteiger partial charge in [-0.2, -0.15) is 0 Å².